The van der Waals surface area contributed by atoms with Gasteiger partial charge in [-0.1, -0.05) is 176 Å². The van der Waals surface area contributed by atoms with Crippen LogP contribution in [0.1, 0.15) is 22.3 Å². The van der Waals surface area contributed by atoms with Crippen LogP contribution in [0.4, 0.5) is 34.1 Å². The molecule has 1 unspecified atom stereocenters. The van der Waals surface area contributed by atoms with E-state index in [-0.39, 0.29) is 0 Å². The molecule has 7 heteroatoms. The quantitative estimate of drug-likeness (QED) is 0.165. The molecule has 20 rings (SSSR count). The maximum Gasteiger partial charge on any atom is 0.160 e. The van der Waals surface area contributed by atoms with Gasteiger partial charge in [-0.25, -0.2) is 0 Å². The monoisotopic (exact) mass is 1100 g/mol. The van der Waals surface area contributed by atoms with Crippen molar-refractivity contribution in [2.45, 2.75) is 5.41 Å². The van der Waals surface area contributed by atoms with Gasteiger partial charge < -0.3 is 32.0 Å². The zero-order valence-corrected chi connectivity index (χ0v) is 46.0. The fourth-order valence-corrected chi connectivity index (χ4v) is 15.5. The van der Waals surface area contributed by atoms with Crippen molar-refractivity contribution in [3.05, 3.63) is 295 Å². The minimum absolute atomic E-state index is 0.760. The lowest BCUT2D eigenvalue weighted by Crippen LogP contribution is -2.34. The van der Waals surface area contributed by atoms with Crippen LogP contribution >= 0.6 is 0 Å². The molecule has 2 aliphatic rings. The van der Waals surface area contributed by atoms with Gasteiger partial charge in [0.25, 0.3) is 0 Å². The molecule has 86 heavy (non-hydrogen) atoms. The molecule has 0 saturated heterocycles. The zero-order valence-electron chi connectivity index (χ0n) is 46.0. The summed E-state index contributed by atoms with van der Waals surface area (Å²) in [5.74, 6) is 0. The first-order chi connectivity index (χ1) is 42.7. The second-order valence-corrected chi connectivity index (χ2v) is 22.9. The minimum atomic E-state index is -0.998. The van der Waals surface area contributed by atoms with Crippen molar-refractivity contribution in [3.8, 4) is 16.8 Å². The number of nitrogens with zero attached hydrogens (tertiary/aromatic N) is 3. The number of benzene rings is 13. The molecule has 1 aliphatic carbocycles. The topological polar surface area (TPSA) is 64.0 Å². The smallest absolute Gasteiger partial charge is 0.160 e. The van der Waals surface area contributed by atoms with Gasteiger partial charge in [0.15, 0.2) is 5.58 Å². The van der Waals surface area contributed by atoms with Crippen LogP contribution in [0.3, 0.4) is 0 Å². The van der Waals surface area contributed by atoms with Crippen molar-refractivity contribution in [1.82, 2.24) is 4.57 Å². The third-order valence-corrected chi connectivity index (χ3v) is 18.7. The number of rotatable bonds is 6. The van der Waals surface area contributed by atoms with E-state index in [1.807, 2.05) is 12.1 Å². The zero-order chi connectivity index (χ0) is 55.9. The lowest BCUT2D eigenvalue weighted by atomic mass is 9.65. The van der Waals surface area contributed by atoms with E-state index in [1.54, 1.807) is 0 Å². The van der Waals surface area contributed by atoms with E-state index in [2.05, 4.69) is 275 Å². The molecule has 0 saturated carbocycles. The van der Waals surface area contributed by atoms with E-state index in [0.29, 0.717) is 0 Å². The molecule has 13 aromatic carbocycles. The van der Waals surface area contributed by atoms with Gasteiger partial charge in [0, 0.05) is 60.2 Å². The summed E-state index contributed by atoms with van der Waals surface area (Å²) in [5.41, 5.74) is 21.3. The third kappa shape index (κ3) is 5.81. The molecule has 400 valence electrons. The molecule has 0 fully saturated rings. The molecule has 0 amide bonds. The SMILES string of the molecule is c1ccc(N(c2cc3c(c4c2oc2ccccc24)-c2c(cc(N(c4ccccc4)c4cccc5oc6ccccc6c45)c4c2oc2ccccc24)C32c3ccccc3-n3c4ccccc4c4cccc2c43)c2cccc3oc4ccccc4c23)cc1. The average Bonchev–Trinajstić information content (AvgIpc) is 1.47. The van der Waals surface area contributed by atoms with Crippen LogP contribution in [0.5, 0.6) is 0 Å². The Kier molecular flexibility index (Phi) is 8.99. The predicted molar refractivity (Wildman–Crippen MR) is 350 cm³/mol. The summed E-state index contributed by atoms with van der Waals surface area (Å²) in [4.78, 5) is 4.87. The molecule has 7 nitrogen and oxygen atoms in total. The summed E-state index contributed by atoms with van der Waals surface area (Å²) < 4.78 is 31.2. The largest absolute Gasteiger partial charge is 0.456 e. The van der Waals surface area contributed by atoms with Gasteiger partial charge in [0.1, 0.15) is 39.1 Å². The van der Waals surface area contributed by atoms with Crippen molar-refractivity contribution < 1.29 is 17.7 Å². The molecule has 1 aliphatic heterocycles. The molecule has 0 N–H and O–H groups in total. The molecule has 18 aromatic rings. The summed E-state index contributed by atoms with van der Waals surface area (Å²) in [6.07, 6.45) is 0. The van der Waals surface area contributed by atoms with Crippen molar-refractivity contribution in [2.24, 2.45) is 0 Å². The number of fused-ring (bicyclic) bond motifs is 26. The minimum Gasteiger partial charge on any atom is -0.456 e. The van der Waals surface area contributed by atoms with Gasteiger partial charge in [0.05, 0.1) is 61.0 Å². The van der Waals surface area contributed by atoms with Crippen LogP contribution in [-0.2, 0) is 5.41 Å². The van der Waals surface area contributed by atoms with Crippen molar-refractivity contribution >= 4 is 144 Å². The van der Waals surface area contributed by atoms with Crippen LogP contribution in [0.2, 0.25) is 0 Å². The Morgan fingerprint density at radius 1 is 0.279 bits per heavy atom. The van der Waals surface area contributed by atoms with Crippen molar-refractivity contribution in [1.29, 1.82) is 0 Å². The number of para-hydroxylation sites is 9. The standard InChI is InChI=1S/C79H45N3O4/c1-3-22-46(23-4-1)80(60-36-20-42-68-70(60)50-27-8-15-38-64(50)83-68)62-44-57-75(78-72(62)52-29-10-17-40-66(52)86-78)74-56(79(57)54-32-12-14-35-59(54)82-58-34-13-7-26-48(58)49-31-19-33-55(79)76(49)82)45-63(77-73(74)53-30-11-18-41-67(53)85-77)81(47-24-5-2-6-25-47)61-37-21-43-69-71(61)51-28-9-16-39-65(51)84-69/h1-45H. The highest BCUT2D eigenvalue weighted by atomic mass is 16.3. The van der Waals surface area contributed by atoms with E-state index >= 15 is 0 Å². The van der Waals surface area contributed by atoms with Crippen molar-refractivity contribution in [3.63, 3.8) is 0 Å². The number of hydrogen-bond donors (Lipinski definition) is 0. The first-order valence-electron chi connectivity index (χ1n) is 29.3. The molecular formula is C79H45N3O4. The van der Waals surface area contributed by atoms with E-state index in [1.165, 1.54) is 21.9 Å². The molecule has 1 atom stereocenters. The fourth-order valence-electron chi connectivity index (χ4n) is 15.5. The normalized spacial score (nSPS) is 14.3. The Balaban J connectivity index is 1.03. The lowest BCUT2D eigenvalue weighted by molar-refractivity contribution is 0.667. The van der Waals surface area contributed by atoms with E-state index in [4.69, 9.17) is 17.7 Å². The van der Waals surface area contributed by atoms with E-state index in [9.17, 15) is 0 Å². The van der Waals surface area contributed by atoms with Crippen LogP contribution < -0.4 is 9.80 Å². The maximum atomic E-state index is 7.70. The van der Waals surface area contributed by atoms with Gasteiger partial charge in [0.2, 0.25) is 0 Å². The van der Waals surface area contributed by atoms with Gasteiger partial charge >= 0.3 is 0 Å². The summed E-state index contributed by atoms with van der Waals surface area (Å²) in [5, 5.41) is 10.6. The van der Waals surface area contributed by atoms with Gasteiger partial charge in [-0.15, -0.1) is 0 Å². The predicted octanol–water partition coefficient (Wildman–Crippen LogP) is 22.0. The fraction of sp³-hybridized carbons (Fsp3) is 0.0127. The highest BCUT2D eigenvalue weighted by molar-refractivity contribution is 6.28. The highest BCUT2D eigenvalue weighted by Gasteiger charge is 2.54. The Bertz CT molecular complexity index is 5940. The third-order valence-electron chi connectivity index (χ3n) is 18.7. The number of anilines is 6. The van der Waals surface area contributed by atoms with Crippen LogP contribution in [0.25, 0.3) is 126 Å². The van der Waals surface area contributed by atoms with Crippen LogP contribution in [-0.4, -0.2) is 4.57 Å². The van der Waals surface area contributed by atoms with Gasteiger partial charge in [-0.3, -0.25) is 0 Å². The number of aromatic nitrogens is 1. The van der Waals surface area contributed by atoms with Crippen LogP contribution in [0.15, 0.2) is 291 Å². The summed E-state index contributed by atoms with van der Waals surface area (Å²) in [6, 6.07) is 98.3. The Labute approximate surface area is 490 Å². The first kappa shape index (κ1) is 46.0. The van der Waals surface area contributed by atoms with Crippen LogP contribution in [0, 0.1) is 0 Å². The second kappa shape index (κ2) is 16.8. The lowest BCUT2D eigenvalue weighted by Gasteiger charge is -2.40. The molecular weight excluding hydrogens is 1050 g/mol. The molecule has 0 radical (unpaired) electrons. The summed E-state index contributed by atoms with van der Waals surface area (Å²) in [6.45, 7) is 0. The maximum absolute atomic E-state index is 7.70. The molecule has 6 heterocycles. The van der Waals surface area contributed by atoms with Gasteiger partial charge in [-0.2, -0.15) is 0 Å². The van der Waals surface area contributed by atoms with Crippen molar-refractivity contribution in [2.75, 3.05) is 9.80 Å². The summed E-state index contributed by atoms with van der Waals surface area (Å²) >= 11 is 0. The number of hydrogen-bond acceptors (Lipinski definition) is 6. The first-order valence-corrected chi connectivity index (χ1v) is 29.3. The molecule has 0 bridgehead atoms. The Hall–Kier alpha value is -11.5. The molecule has 5 aromatic heterocycles. The Morgan fingerprint density at radius 2 is 0.721 bits per heavy atom. The van der Waals surface area contributed by atoms with E-state index < -0.39 is 5.41 Å². The second-order valence-electron chi connectivity index (χ2n) is 22.9. The Morgan fingerprint density at radius 3 is 1.36 bits per heavy atom. The average molecular weight is 1100 g/mol. The van der Waals surface area contributed by atoms with Gasteiger partial charge in [-0.05, 0) is 119 Å². The molecule has 1 spiro atoms. The number of furan rings is 4. The highest BCUT2D eigenvalue weighted by Crippen LogP contribution is 2.67. The van der Waals surface area contributed by atoms with E-state index in [0.717, 1.165) is 161 Å². The summed E-state index contributed by atoms with van der Waals surface area (Å²) in [7, 11) is 0.